The van der Waals surface area contributed by atoms with E-state index in [1.807, 2.05) is 12.1 Å². The molecule has 2 nitrogen and oxygen atoms in total. The van der Waals surface area contributed by atoms with Crippen molar-refractivity contribution in [2.45, 2.75) is 19.8 Å². The quantitative estimate of drug-likeness (QED) is 0.635. The standard InChI is InChI=1S/C11H16BrClN2/c1-9(8-13)4-2-6-14-11-10(12)5-3-7-15-11/h3,5,7,9H,2,4,6,8H2,1H3,(H,14,15). The Morgan fingerprint density at radius 1 is 1.60 bits per heavy atom. The molecular formula is C11H16BrClN2. The summed E-state index contributed by atoms with van der Waals surface area (Å²) in [5.41, 5.74) is 0. The van der Waals surface area contributed by atoms with E-state index in [1.54, 1.807) is 6.20 Å². The fourth-order valence-corrected chi connectivity index (χ4v) is 1.80. The van der Waals surface area contributed by atoms with Gasteiger partial charge in [-0.1, -0.05) is 6.92 Å². The van der Waals surface area contributed by atoms with Crippen molar-refractivity contribution in [2.75, 3.05) is 17.7 Å². The highest BCUT2D eigenvalue weighted by Gasteiger charge is 2.01. The third-order valence-electron chi connectivity index (χ3n) is 2.19. The zero-order chi connectivity index (χ0) is 11.1. The maximum atomic E-state index is 5.73. The largest absolute Gasteiger partial charge is 0.369 e. The first-order chi connectivity index (χ1) is 7.24. The van der Waals surface area contributed by atoms with E-state index in [1.165, 1.54) is 0 Å². The minimum atomic E-state index is 0.598. The van der Waals surface area contributed by atoms with Crippen LogP contribution in [0.1, 0.15) is 19.8 Å². The maximum Gasteiger partial charge on any atom is 0.140 e. The number of halogens is 2. The van der Waals surface area contributed by atoms with Crippen molar-refractivity contribution < 1.29 is 0 Å². The van der Waals surface area contributed by atoms with Gasteiger partial charge in [-0.2, -0.15) is 0 Å². The van der Waals surface area contributed by atoms with E-state index < -0.39 is 0 Å². The van der Waals surface area contributed by atoms with Crippen LogP contribution in [-0.4, -0.2) is 17.4 Å². The summed E-state index contributed by atoms with van der Waals surface area (Å²) in [5, 5.41) is 3.29. The molecule has 0 saturated heterocycles. The molecule has 0 fully saturated rings. The van der Waals surface area contributed by atoms with Crippen molar-refractivity contribution in [1.29, 1.82) is 0 Å². The van der Waals surface area contributed by atoms with E-state index in [0.29, 0.717) is 5.92 Å². The van der Waals surface area contributed by atoms with Crippen molar-refractivity contribution in [3.8, 4) is 0 Å². The molecule has 0 aromatic carbocycles. The Labute approximate surface area is 105 Å². The van der Waals surface area contributed by atoms with Gasteiger partial charge in [0.05, 0.1) is 4.47 Å². The van der Waals surface area contributed by atoms with Crippen molar-refractivity contribution >= 4 is 33.3 Å². The van der Waals surface area contributed by atoms with E-state index >= 15 is 0 Å². The Morgan fingerprint density at radius 3 is 3.07 bits per heavy atom. The molecular weight excluding hydrogens is 275 g/mol. The van der Waals surface area contributed by atoms with Crippen molar-refractivity contribution in [3.05, 3.63) is 22.8 Å². The van der Waals surface area contributed by atoms with Crippen LogP contribution in [0.15, 0.2) is 22.8 Å². The van der Waals surface area contributed by atoms with Crippen molar-refractivity contribution in [1.82, 2.24) is 4.98 Å². The molecule has 84 valence electrons. The summed E-state index contributed by atoms with van der Waals surface area (Å²) in [7, 11) is 0. The second kappa shape index (κ2) is 7.07. The average molecular weight is 292 g/mol. The molecule has 0 amide bonds. The molecule has 1 atom stereocenters. The van der Waals surface area contributed by atoms with Gasteiger partial charge in [-0.25, -0.2) is 4.98 Å². The fraction of sp³-hybridized carbons (Fsp3) is 0.545. The second-order valence-electron chi connectivity index (χ2n) is 3.66. The number of pyridine rings is 1. The Hall–Kier alpha value is -0.280. The van der Waals surface area contributed by atoms with Gasteiger partial charge in [0.2, 0.25) is 0 Å². The smallest absolute Gasteiger partial charge is 0.140 e. The predicted octanol–water partition coefficient (Wildman–Crippen LogP) is 3.91. The van der Waals surface area contributed by atoms with Crippen LogP contribution in [0.3, 0.4) is 0 Å². The molecule has 0 radical (unpaired) electrons. The van der Waals surface area contributed by atoms with Gasteiger partial charge in [-0.15, -0.1) is 11.6 Å². The van der Waals surface area contributed by atoms with E-state index in [2.05, 4.69) is 33.2 Å². The highest BCUT2D eigenvalue weighted by atomic mass is 79.9. The second-order valence-corrected chi connectivity index (χ2v) is 4.83. The van der Waals surface area contributed by atoms with Gasteiger partial charge in [0.1, 0.15) is 5.82 Å². The monoisotopic (exact) mass is 290 g/mol. The fourth-order valence-electron chi connectivity index (χ4n) is 1.25. The van der Waals surface area contributed by atoms with Gasteiger partial charge >= 0.3 is 0 Å². The van der Waals surface area contributed by atoms with Crippen molar-refractivity contribution in [3.63, 3.8) is 0 Å². The summed E-state index contributed by atoms with van der Waals surface area (Å²) in [4.78, 5) is 4.23. The van der Waals surface area contributed by atoms with Crippen LogP contribution in [0.2, 0.25) is 0 Å². The summed E-state index contributed by atoms with van der Waals surface area (Å²) < 4.78 is 1.01. The minimum Gasteiger partial charge on any atom is -0.369 e. The molecule has 0 saturated carbocycles. The molecule has 1 rings (SSSR count). The lowest BCUT2D eigenvalue weighted by Crippen LogP contribution is -2.06. The van der Waals surface area contributed by atoms with Crippen LogP contribution >= 0.6 is 27.5 Å². The molecule has 15 heavy (non-hydrogen) atoms. The SMILES string of the molecule is CC(CCl)CCCNc1ncccc1Br. The highest BCUT2D eigenvalue weighted by molar-refractivity contribution is 9.10. The number of nitrogens with zero attached hydrogens (tertiary/aromatic N) is 1. The number of hydrogen-bond acceptors (Lipinski definition) is 2. The van der Waals surface area contributed by atoms with E-state index in [0.717, 1.165) is 35.6 Å². The number of nitrogens with one attached hydrogen (secondary N) is 1. The lowest BCUT2D eigenvalue weighted by molar-refractivity contribution is 0.572. The number of anilines is 1. The van der Waals surface area contributed by atoms with Crippen LogP contribution in [0.5, 0.6) is 0 Å². The van der Waals surface area contributed by atoms with Crippen molar-refractivity contribution in [2.24, 2.45) is 5.92 Å². The Kier molecular flexibility index (Phi) is 6.03. The molecule has 0 bridgehead atoms. The summed E-state index contributed by atoms with van der Waals surface area (Å²) in [6.45, 7) is 3.11. The summed E-state index contributed by atoms with van der Waals surface area (Å²) in [5.74, 6) is 2.25. The molecule has 1 N–H and O–H groups in total. The normalized spacial score (nSPS) is 12.5. The number of alkyl halides is 1. The molecule has 1 aromatic rings. The topological polar surface area (TPSA) is 24.9 Å². The number of hydrogen-bond donors (Lipinski definition) is 1. The Bertz CT molecular complexity index is 294. The van der Waals surface area contributed by atoms with Gasteiger partial charge < -0.3 is 5.32 Å². The number of aromatic nitrogens is 1. The van der Waals surface area contributed by atoms with E-state index in [-0.39, 0.29) is 0 Å². The van der Waals surface area contributed by atoms with Gasteiger partial charge in [0.25, 0.3) is 0 Å². The molecule has 1 unspecified atom stereocenters. The van der Waals surface area contributed by atoms with Gasteiger partial charge in [0, 0.05) is 18.6 Å². The van der Waals surface area contributed by atoms with Crippen LogP contribution in [0, 0.1) is 5.92 Å². The molecule has 1 heterocycles. The average Bonchev–Trinajstić information content (AvgIpc) is 2.26. The Balaban J connectivity index is 2.23. The van der Waals surface area contributed by atoms with Crippen LogP contribution < -0.4 is 5.32 Å². The summed E-state index contributed by atoms with van der Waals surface area (Å²) in [6, 6.07) is 3.89. The highest BCUT2D eigenvalue weighted by Crippen LogP contribution is 2.18. The first-order valence-corrected chi connectivity index (χ1v) is 6.47. The third-order valence-corrected chi connectivity index (χ3v) is 3.35. The van der Waals surface area contributed by atoms with Crippen LogP contribution in [0.25, 0.3) is 0 Å². The molecule has 0 spiro atoms. The third kappa shape index (κ3) is 4.85. The van der Waals surface area contributed by atoms with Gasteiger partial charge in [-0.05, 0) is 46.8 Å². The zero-order valence-electron chi connectivity index (χ0n) is 8.84. The van der Waals surface area contributed by atoms with Gasteiger partial charge in [0.15, 0.2) is 0 Å². The summed E-state index contributed by atoms with van der Waals surface area (Å²) in [6.07, 6.45) is 4.06. The predicted molar refractivity (Wildman–Crippen MR) is 69.5 cm³/mol. The molecule has 1 aromatic heterocycles. The minimum absolute atomic E-state index is 0.598. The zero-order valence-corrected chi connectivity index (χ0v) is 11.2. The Morgan fingerprint density at radius 2 is 2.40 bits per heavy atom. The van der Waals surface area contributed by atoms with E-state index in [4.69, 9.17) is 11.6 Å². The molecule has 0 aliphatic carbocycles. The van der Waals surface area contributed by atoms with Crippen LogP contribution in [0.4, 0.5) is 5.82 Å². The first-order valence-electron chi connectivity index (χ1n) is 5.14. The van der Waals surface area contributed by atoms with E-state index in [9.17, 15) is 0 Å². The molecule has 0 aliphatic heterocycles. The lowest BCUT2D eigenvalue weighted by atomic mass is 10.1. The number of rotatable bonds is 6. The van der Waals surface area contributed by atoms with Gasteiger partial charge in [-0.3, -0.25) is 0 Å². The van der Waals surface area contributed by atoms with Crippen LogP contribution in [-0.2, 0) is 0 Å². The molecule has 4 heteroatoms. The maximum absolute atomic E-state index is 5.73. The molecule has 0 aliphatic rings. The lowest BCUT2D eigenvalue weighted by Gasteiger charge is -2.09. The first kappa shape index (κ1) is 12.8. The summed E-state index contributed by atoms with van der Waals surface area (Å²) >= 11 is 9.18.